The van der Waals surface area contributed by atoms with E-state index < -0.39 is 5.97 Å². The van der Waals surface area contributed by atoms with Crippen LogP contribution in [-0.4, -0.2) is 43.9 Å². The first-order valence-corrected chi connectivity index (χ1v) is 0.928. The van der Waals surface area contributed by atoms with E-state index in [0.29, 0.717) is 0 Å². The van der Waals surface area contributed by atoms with E-state index in [0.717, 1.165) is 6.92 Å². The van der Waals surface area contributed by atoms with Gasteiger partial charge in [0.2, 0.25) is 0 Å². The summed E-state index contributed by atoms with van der Waals surface area (Å²) in [6.45, 7) is 1.08. The van der Waals surface area contributed by atoms with Crippen molar-refractivity contribution in [3.05, 3.63) is 0 Å². The molecular weight excluding hydrogens is 291 g/mol. The van der Waals surface area contributed by atoms with Crippen LogP contribution in [0.2, 0.25) is 0 Å². The minimum absolute atomic E-state index is 0. The van der Waals surface area contributed by atoms with Crippen molar-refractivity contribution in [2.45, 2.75) is 6.92 Å². The van der Waals surface area contributed by atoms with Gasteiger partial charge in [0.1, 0.15) is 0 Å². The zero-order valence-corrected chi connectivity index (χ0v) is 9.56. The molecule has 0 saturated carbocycles. The molecule has 8 nitrogen and oxygen atoms in total. The number of hydrogen-bond acceptors (Lipinski definition) is 1. The van der Waals surface area contributed by atoms with Crippen molar-refractivity contribution in [2.75, 3.05) is 0 Å². The van der Waals surface area contributed by atoms with E-state index in [1.54, 1.807) is 0 Å². The van der Waals surface area contributed by atoms with Gasteiger partial charge < -0.3 is 38.0 Å². The SMILES string of the molecule is CC(=O)O.O.O.O.O.O.O.[La]. The van der Waals surface area contributed by atoms with Crippen LogP contribution in [0.1, 0.15) is 6.92 Å². The zero-order valence-electron chi connectivity index (χ0n) is 5.93. The number of aliphatic carboxylic acids is 1. The average molecular weight is 307 g/mol. The van der Waals surface area contributed by atoms with Crippen LogP contribution in [0.3, 0.4) is 0 Å². The Kier molecular flexibility index (Phi) is 760. The molecule has 0 aromatic rings. The summed E-state index contributed by atoms with van der Waals surface area (Å²) in [7, 11) is 0. The standard InChI is InChI=1S/C2H4O2.La.6H2O/c1-2(3)4;;;;;;;/h1H3,(H,3,4);;6*1H2. The average Bonchev–Trinajstić information content (AvgIpc) is 0.811. The first-order valence-electron chi connectivity index (χ1n) is 0.928. The molecule has 0 aromatic carbocycles. The maximum atomic E-state index is 9.00. The van der Waals surface area contributed by atoms with E-state index in [4.69, 9.17) is 9.90 Å². The van der Waals surface area contributed by atoms with Gasteiger partial charge in [0, 0.05) is 42.5 Å². The Morgan fingerprint density at radius 1 is 0.909 bits per heavy atom. The van der Waals surface area contributed by atoms with Crippen molar-refractivity contribution in [2.24, 2.45) is 0 Å². The van der Waals surface area contributed by atoms with Gasteiger partial charge in [-0.1, -0.05) is 0 Å². The number of rotatable bonds is 0. The summed E-state index contributed by atoms with van der Waals surface area (Å²) in [6, 6.07) is 0. The molecule has 0 heterocycles. The normalized spacial score (nSPS) is 2.27. The summed E-state index contributed by atoms with van der Waals surface area (Å²) < 4.78 is 0. The van der Waals surface area contributed by atoms with Gasteiger partial charge in [-0.2, -0.15) is 0 Å². The van der Waals surface area contributed by atoms with Crippen molar-refractivity contribution in [1.82, 2.24) is 0 Å². The molecule has 0 aromatic heterocycles. The van der Waals surface area contributed by atoms with Crippen LogP contribution in [0.5, 0.6) is 0 Å². The van der Waals surface area contributed by atoms with E-state index in [-0.39, 0.29) is 68.5 Å². The predicted octanol–water partition coefficient (Wildman–Crippen LogP) is -4.86. The second-order valence-corrected chi connectivity index (χ2v) is 0.519. The molecule has 0 aliphatic rings. The molecule has 0 aliphatic heterocycles. The second-order valence-electron chi connectivity index (χ2n) is 0.519. The van der Waals surface area contributed by atoms with Crippen LogP contribution in [0.15, 0.2) is 0 Å². The largest absolute Gasteiger partial charge is 0.481 e. The van der Waals surface area contributed by atoms with Crippen molar-refractivity contribution >= 4 is 5.97 Å². The van der Waals surface area contributed by atoms with Crippen molar-refractivity contribution < 1.29 is 78.4 Å². The van der Waals surface area contributed by atoms with E-state index in [9.17, 15) is 0 Å². The molecule has 0 amide bonds. The van der Waals surface area contributed by atoms with Crippen LogP contribution >= 0.6 is 0 Å². The smallest absolute Gasteiger partial charge is 0.300 e. The summed E-state index contributed by atoms with van der Waals surface area (Å²) in [5.41, 5.74) is 0. The zero-order chi connectivity index (χ0) is 3.58. The van der Waals surface area contributed by atoms with Gasteiger partial charge in [0.15, 0.2) is 0 Å². The van der Waals surface area contributed by atoms with Crippen molar-refractivity contribution in [3.8, 4) is 0 Å². The van der Waals surface area contributed by atoms with Crippen molar-refractivity contribution in [3.63, 3.8) is 0 Å². The molecule has 0 aliphatic carbocycles. The molecule has 0 bridgehead atoms. The number of hydrogen-bond donors (Lipinski definition) is 1. The third-order valence-electron chi connectivity index (χ3n) is 0. The predicted molar refractivity (Wildman–Crippen MR) is 35.0 cm³/mol. The van der Waals surface area contributed by atoms with Gasteiger partial charge in [-0.3, -0.25) is 4.79 Å². The van der Waals surface area contributed by atoms with E-state index >= 15 is 0 Å². The summed E-state index contributed by atoms with van der Waals surface area (Å²) >= 11 is 0. The first kappa shape index (κ1) is 106. The van der Waals surface area contributed by atoms with Crippen LogP contribution in [0.4, 0.5) is 0 Å². The molecule has 1 radical (unpaired) electrons. The minimum atomic E-state index is -0.833. The number of carbonyl (C=O) groups is 1. The quantitative estimate of drug-likeness (QED) is 0.464. The number of carboxylic acid groups (broad SMARTS) is 1. The minimum Gasteiger partial charge on any atom is -0.481 e. The Labute approximate surface area is 91.0 Å². The molecule has 0 spiro atoms. The summed E-state index contributed by atoms with van der Waals surface area (Å²) in [6.07, 6.45) is 0. The molecule has 0 unspecified atom stereocenters. The van der Waals surface area contributed by atoms with Crippen molar-refractivity contribution in [1.29, 1.82) is 0 Å². The molecule has 13 N–H and O–H groups in total. The Balaban J connectivity index is -0.00000000214. The summed E-state index contributed by atoms with van der Waals surface area (Å²) in [4.78, 5) is 9.00. The Morgan fingerprint density at radius 2 is 0.909 bits per heavy atom. The monoisotopic (exact) mass is 307 g/mol. The fraction of sp³-hybridized carbons (Fsp3) is 0.500. The molecule has 75 valence electrons. The van der Waals surface area contributed by atoms with E-state index in [1.165, 1.54) is 0 Å². The van der Waals surface area contributed by atoms with Crippen LogP contribution in [0, 0.1) is 35.6 Å². The van der Waals surface area contributed by atoms with Gasteiger partial charge in [0.25, 0.3) is 5.97 Å². The fourth-order valence-corrected chi connectivity index (χ4v) is 0. The summed E-state index contributed by atoms with van der Waals surface area (Å²) in [5, 5.41) is 7.42. The second kappa shape index (κ2) is 78.9. The molecule has 0 rings (SSSR count). The Morgan fingerprint density at radius 3 is 0.909 bits per heavy atom. The maximum absolute atomic E-state index is 9.00. The third kappa shape index (κ3) is 4100. The summed E-state index contributed by atoms with van der Waals surface area (Å²) in [5.74, 6) is -0.833. The van der Waals surface area contributed by atoms with Crippen LogP contribution in [0.25, 0.3) is 0 Å². The van der Waals surface area contributed by atoms with E-state index in [2.05, 4.69) is 0 Å². The molecular formula is C2H16LaO8. The first-order chi connectivity index (χ1) is 1.73. The third-order valence-corrected chi connectivity index (χ3v) is 0. The van der Waals surface area contributed by atoms with Gasteiger partial charge >= 0.3 is 0 Å². The van der Waals surface area contributed by atoms with Gasteiger partial charge in [0.05, 0.1) is 0 Å². The van der Waals surface area contributed by atoms with Crippen LogP contribution < -0.4 is 0 Å². The Hall–Kier alpha value is 0.425. The van der Waals surface area contributed by atoms with Crippen LogP contribution in [-0.2, 0) is 4.79 Å². The molecule has 9 heteroatoms. The van der Waals surface area contributed by atoms with E-state index in [1.807, 2.05) is 0 Å². The van der Waals surface area contributed by atoms with Gasteiger partial charge in [-0.25, -0.2) is 0 Å². The Bertz CT molecular complexity index is 35.1. The maximum Gasteiger partial charge on any atom is 0.300 e. The molecule has 0 atom stereocenters. The van der Waals surface area contributed by atoms with Gasteiger partial charge in [-0.15, -0.1) is 0 Å². The molecule has 0 fully saturated rings. The number of carboxylic acids is 1. The fourth-order valence-electron chi connectivity index (χ4n) is 0. The molecule has 0 saturated heterocycles. The molecule has 11 heavy (non-hydrogen) atoms. The van der Waals surface area contributed by atoms with Gasteiger partial charge in [-0.05, 0) is 0 Å². The topological polar surface area (TPSA) is 226 Å².